The maximum atomic E-state index is 5.78. The van der Waals surface area contributed by atoms with Gasteiger partial charge in [0.2, 0.25) is 0 Å². The van der Waals surface area contributed by atoms with Gasteiger partial charge in [0.25, 0.3) is 0 Å². The van der Waals surface area contributed by atoms with Crippen molar-refractivity contribution >= 4 is 15.9 Å². The molecule has 4 nitrogen and oxygen atoms in total. The van der Waals surface area contributed by atoms with E-state index in [9.17, 15) is 0 Å². The molecule has 0 bridgehead atoms. The minimum absolute atomic E-state index is 0.704. The highest BCUT2D eigenvalue weighted by Crippen LogP contribution is 2.28. The molecular formula is C14H25BrN4. The zero-order chi connectivity index (χ0) is 13.8. The first-order valence-corrected chi connectivity index (χ1v) is 8.11. The summed E-state index contributed by atoms with van der Waals surface area (Å²) in [5.41, 5.74) is 8.21. The molecule has 0 saturated heterocycles. The van der Waals surface area contributed by atoms with E-state index in [1.54, 1.807) is 0 Å². The first-order valence-electron chi connectivity index (χ1n) is 7.31. The van der Waals surface area contributed by atoms with Gasteiger partial charge >= 0.3 is 0 Å². The summed E-state index contributed by atoms with van der Waals surface area (Å²) < 4.78 is 3.19. The third-order valence-corrected chi connectivity index (χ3v) is 5.03. The molecule has 2 rings (SSSR count). The van der Waals surface area contributed by atoms with E-state index in [1.165, 1.54) is 35.8 Å². The van der Waals surface area contributed by atoms with Crippen LogP contribution >= 0.6 is 15.9 Å². The van der Waals surface area contributed by atoms with Crippen LogP contribution in [0.25, 0.3) is 0 Å². The normalized spacial score (nSPS) is 16.7. The van der Waals surface area contributed by atoms with E-state index >= 15 is 0 Å². The summed E-state index contributed by atoms with van der Waals surface area (Å²) in [6, 6.07) is 0.704. The summed E-state index contributed by atoms with van der Waals surface area (Å²) in [6.07, 6.45) is 6.32. The Kier molecular flexibility index (Phi) is 5.42. The van der Waals surface area contributed by atoms with Gasteiger partial charge in [0, 0.05) is 32.7 Å². The molecule has 0 aliphatic heterocycles. The van der Waals surface area contributed by atoms with E-state index in [0.717, 1.165) is 31.7 Å². The maximum absolute atomic E-state index is 5.78. The summed E-state index contributed by atoms with van der Waals surface area (Å²) >= 11 is 3.71. The second kappa shape index (κ2) is 6.86. The minimum Gasteiger partial charge on any atom is -0.329 e. The molecule has 1 heterocycles. The van der Waals surface area contributed by atoms with Crippen LogP contribution in [0.15, 0.2) is 4.47 Å². The van der Waals surface area contributed by atoms with Crippen LogP contribution in [0.4, 0.5) is 0 Å². The van der Waals surface area contributed by atoms with Crippen LogP contribution in [-0.4, -0.2) is 33.8 Å². The van der Waals surface area contributed by atoms with Gasteiger partial charge in [-0.2, -0.15) is 5.10 Å². The summed E-state index contributed by atoms with van der Waals surface area (Å²) in [5, 5.41) is 4.58. The third kappa shape index (κ3) is 3.38. The average Bonchev–Trinajstić information content (AvgIpc) is 3.01. The SMILES string of the molecule is CCc1nn(C)c(CN(CCN)C2CCCC2)c1Br. The largest absolute Gasteiger partial charge is 0.329 e. The molecule has 2 N–H and O–H groups in total. The van der Waals surface area contributed by atoms with Crippen LogP contribution in [0.1, 0.15) is 44.0 Å². The lowest BCUT2D eigenvalue weighted by Crippen LogP contribution is -2.37. The van der Waals surface area contributed by atoms with Gasteiger partial charge in [0.05, 0.1) is 15.9 Å². The Morgan fingerprint density at radius 1 is 1.42 bits per heavy atom. The fraction of sp³-hybridized carbons (Fsp3) is 0.786. The van der Waals surface area contributed by atoms with Crippen LogP contribution in [0.3, 0.4) is 0 Å². The molecule has 1 aromatic rings. The van der Waals surface area contributed by atoms with Gasteiger partial charge in [-0.05, 0) is 35.2 Å². The predicted molar refractivity (Wildman–Crippen MR) is 82.0 cm³/mol. The van der Waals surface area contributed by atoms with Crippen LogP contribution in [0, 0.1) is 0 Å². The molecule has 108 valence electrons. The van der Waals surface area contributed by atoms with Crippen LogP contribution in [0.2, 0.25) is 0 Å². The number of hydrogen-bond acceptors (Lipinski definition) is 3. The molecule has 19 heavy (non-hydrogen) atoms. The predicted octanol–water partition coefficient (Wildman–Crippen LogP) is 2.45. The van der Waals surface area contributed by atoms with Crippen molar-refractivity contribution < 1.29 is 0 Å². The number of halogens is 1. The van der Waals surface area contributed by atoms with Crippen LogP contribution in [-0.2, 0) is 20.0 Å². The Morgan fingerprint density at radius 3 is 2.63 bits per heavy atom. The van der Waals surface area contributed by atoms with Crippen molar-refractivity contribution in [3.05, 3.63) is 15.9 Å². The molecule has 0 amide bonds. The molecule has 0 unspecified atom stereocenters. The average molecular weight is 329 g/mol. The monoisotopic (exact) mass is 328 g/mol. The van der Waals surface area contributed by atoms with Crippen molar-refractivity contribution in [2.75, 3.05) is 13.1 Å². The zero-order valence-corrected chi connectivity index (χ0v) is 13.6. The van der Waals surface area contributed by atoms with E-state index in [1.807, 2.05) is 11.7 Å². The first-order chi connectivity index (χ1) is 9.17. The van der Waals surface area contributed by atoms with E-state index in [-0.39, 0.29) is 0 Å². The zero-order valence-electron chi connectivity index (χ0n) is 12.0. The summed E-state index contributed by atoms with van der Waals surface area (Å²) in [5.74, 6) is 0. The molecule has 0 spiro atoms. The molecule has 0 atom stereocenters. The van der Waals surface area contributed by atoms with E-state index in [2.05, 4.69) is 32.9 Å². The Balaban J connectivity index is 2.14. The van der Waals surface area contributed by atoms with Crippen molar-refractivity contribution in [1.29, 1.82) is 0 Å². The van der Waals surface area contributed by atoms with Gasteiger partial charge in [-0.1, -0.05) is 19.8 Å². The van der Waals surface area contributed by atoms with Crippen LogP contribution < -0.4 is 5.73 Å². The summed E-state index contributed by atoms with van der Waals surface area (Å²) in [4.78, 5) is 2.54. The number of nitrogens with two attached hydrogens (primary N) is 1. The third-order valence-electron chi connectivity index (χ3n) is 4.11. The maximum Gasteiger partial charge on any atom is 0.0767 e. The second-order valence-corrected chi connectivity index (χ2v) is 6.17. The topological polar surface area (TPSA) is 47.1 Å². The van der Waals surface area contributed by atoms with E-state index < -0.39 is 0 Å². The molecule has 0 radical (unpaired) electrons. The van der Waals surface area contributed by atoms with Crippen molar-refractivity contribution in [3.8, 4) is 0 Å². The van der Waals surface area contributed by atoms with Gasteiger partial charge in [-0.25, -0.2) is 0 Å². The Bertz CT molecular complexity index is 410. The molecule has 1 aliphatic carbocycles. The fourth-order valence-electron chi connectivity index (χ4n) is 3.01. The standard InChI is InChI=1S/C14H25BrN4/c1-3-12-14(15)13(18(2)17-12)10-19(9-8-16)11-6-4-5-7-11/h11H,3-10,16H2,1-2H3. The minimum atomic E-state index is 0.704. The highest BCUT2D eigenvalue weighted by atomic mass is 79.9. The molecule has 1 aromatic heterocycles. The molecular weight excluding hydrogens is 304 g/mol. The lowest BCUT2D eigenvalue weighted by molar-refractivity contribution is 0.190. The van der Waals surface area contributed by atoms with E-state index in [0.29, 0.717) is 6.04 Å². The van der Waals surface area contributed by atoms with Crippen molar-refractivity contribution in [1.82, 2.24) is 14.7 Å². The molecule has 1 aliphatic rings. The first kappa shape index (κ1) is 15.0. The number of rotatable bonds is 6. The summed E-state index contributed by atoms with van der Waals surface area (Å²) in [7, 11) is 2.04. The highest BCUT2D eigenvalue weighted by Gasteiger charge is 2.24. The quantitative estimate of drug-likeness (QED) is 0.872. The number of hydrogen-bond donors (Lipinski definition) is 1. The van der Waals surface area contributed by atoms with E-state index in [4.69, 9.17) is 5.73 Å². The van der Waals surface area contributed by atoms with Gasteiger partial charge in [-0.3, -0.25) is 9.58 Å². The number of nitrogens with zero attached hydrogens (tertiary/aromatic N) is 3. The van der Waals surface area contributed by atoms with Crippen molar-refractivity contribution in [2.24, 2.45) is 12.8 Å². The Labute approximate surface area is 124 Å². The lowest BCUT2D eigenvalue weighted by Gasteiger charge is -2.28. The summed E-state index contributed by atoms with van der Waals surface area (Å²) in [6.45, 7) is 4.80. The number of aromatic nitrogens is 2. The van der Waals surface area contributed by atoms with Gasteiger partial charge in [0.1, 0.15) is 0 Å². The van der Waals surface area contributed by atoms with Crippen molar-refractivity contribution in [2.45, 2.75) is 51.6 Å². The smallest absolute Gasteiger partial charge is 0.0767 e. The van der Waals surface area contributed by atoms with Crippen LogP contribution in [0.5, 0.6) is 0 Å². The second-order valence-electron chi connectivity index (χ2n) is 5.38. The molecule has 1 saturated carbocycles. The number of aryl methyl sites for hydroxylation is 2. The van der Waals surface area contributed by atoms with Crippen molar-refractivity contribution in [3.63, 3.8) is 0 Å². The lowest BCUT2D eigenvalue weighted by atomic mass is 10.2. The fourth-order valence-corrected chi connectivity index (χ4v) is 3.75. The molecule has 0 aromatic carbocycles. The van der Waals surface area contributed by atoms with Gasteiger partial charge in [-0.15, -0.1) is 0 Å². The van der Waals surface area contributed by atoms with Gasteiger partial charge < -0.3 is 5.73 Å². The molecule has 5 heteroatoms. The Hall–Kier alpha value is -0.390. The highest BCUT2D eigenvalue weighted by molar-refractivity contribution is 9.10. The Morgan fingerprint density at radius 2 is 2.11 bits per heavy atom. The molecule has 1 fully saturated rings. The van der Waals surface area contributed by atoms with Gasteiger partial charge in [0.15, 0.2) is 0 Å².